The number of thiophene rings is 1. The standard InChI is InChI=1S/C25H22ClF4N5O3S/c1-13-5-14(26)6-17(21(13)38-15-3-2-4-31-8-15)20-22-19(32-12-33-20)7-16(39-22)9-35-23(36)18(27)10-34(24(35)37)11-25(28,29)30/h5-7,10,12,15,31H,2-4,8-9,11H2,1H3/t15-/m0/s1. The summed E-state index contributed by atoms with van der Waals surface area (Å²) in [4.78, 5) is 34.1. The van der Waals surface area contributed by atoms with Crippen molar-refractivity contribution in [3.63, 3.8) is 0 Å². The largest absolute Gasteiger partial charge is 0.488 e. The maximum absolute atomic E-state index is 14.2. The number of piperidine rings is 1. The van der Waals surface area contributed by atoms with Gasteiger partial charge in [0, 0.05) is 22.0 Å². The third kappa shape index (κ3) is 5.85. The minimum atomic E-state index is -4.77. The first-order chi connectivity index (χ1) is 18.5. The van der Waals surface area contributed by atoms with Gasteiger partial charge >= 0.3 is 11.9 Å². The van der Waals surface area contributed by atoms with Crippen molar-refractivity contribution in [3.05, 3.63) is 72.8 Å². The molecule has 206 valence electrons. The van der Waals surface area contributed by atoms with Crippen molar-refractivity contribution in [1.29, 1.82) is 0 Å². The van der Waals surface area contributed by atoms with Gasteiger partial charge in [-0.15, -0.1) is 11.3 Å². The number of aromatic nitrogens is 4. The van der Waals surface area contributed by atoms with Crippen LogP contribution < -0.4 is 21.3 Å². The number of ether oxygens (including phenoxy) is 1. The number of rotatable bonds is 6. The lowest BCUT2D eigenvalue weighted by atomic mass is 10.0. The molecule has 14 heteroatoms. The Labute approximate surface area is 227 Å². The summed E-state index contributed by atoms with van der Waals surface area (Å²) in [6, 6.07) is 5.10. The highest BCUT2D eigenvalue weighted by Gasteiger charge is 2.30. The molecule has 4 heterocycles. The van der Waals surface area contributed by atoms with E-state index in [2.05, 4.69) is 15.3 Å². The normalized spacial score (nSPS) is 16.1. The minimum absolute atomic E-state index is 0.0488. The van der Waals surface area contributed by atoms with Gasteiger partial charge in [-0.3, -0.25) is 13.9 Å². The molecule has 0 unspecified atom stereocenters. The summed E-state index contributed by atoms with van der Waals surface area (Å²) in [6.07, 6.45) is -1.35. The lowest BCUT2D eigenvalue weighted by Crippen LogP contribution is -2.43. The molecule has 1 aromatic carbocycles. The maximum atomic E-state index is 14.2. The first-order valence-corrected chi connectivity index (χ1v) is 13.2. The highest BCUT2D eigenvalue weighted by molar-refractivity contribution is 7.19. The molecule has 0 bridgehead atoms. The van der Waals surface area contributed by atoms with Gasteiger partial charge in [0.05, 0.1) is 28.7 Å². The quantitative estimate of drug-likeness (QED) is 0.336. The van der Waals surface area contributed by atoms with E-state index in [9.17, 15) is 27.2 Å². The first-order valence-electron chi connectivity index (χ1n) is 12.0. The molecular formula is C25H22ClF4N5O3S. The molecule has 1 N–H and O–H groups in total. The van der Waals surface area contributed by atoms with Gasteiger partial charge in [0.2, 0.25) is 5.82 Å². The molecule has 3 aromatic heterocycles. The number of alkyl halides is 3. The fraction of sp³-hybridized carbons (Fsp3) is 0.360. The lowest BCUT2D eigenvalue weighted by molar-refractivity contribution is -0.141. The van der Waals surface area contributed by atoms with E-state index >= 15 is 0 Å². The van der Waals surface area contributed by atoms with E-state index in [4.69, 9.17) is 16.3 Å². The Bertz CT molecular complexity index is 1660. The molecule has 0 saturated carbocycles. The second kappa shape index (κ2) is 10.7. The summed E-state index contributed by atoms with van der Waals surface area (Å²) in [5.74, 6) is -0.853. The smallest absolute Gasteiger partial charge is 0.406 e. The first kappa shape index (κ1) is 27.3. The minimum Gasteiger partial charge on any atom is -0.488 e. The van der Waals surface area contributed by atoms with E-state index < -0.39 is 36.3 Å². The van der Waals surface area contributed by atoms with Gasteiger partial charge in [0.1, 0.15) is 24.7 Å². The Balaban J connectivity index is 1.57. The van der Waals surface area contributed by atoms with Crippen LogP contribution in [0.5, 0.6) is 5.75 Å². The van der Waals surface area contributed by atoms with E-state index in [0.29, 0.717) is 48.2 Å². The molecule has 1 aliphatic heterocycles. The summed E-state index contributed by atoms with van der Waals surface area (Å²) in [7, 11) is 0. The van der Waals surface area contributed by atoms with Crippen LogP contribution in [0, 0.1) is 12.7 Å². The van der Waals surface area contributed by atoms with Crippen LogP contribution in [0.4, 0.5) is 17.6 Å². The zero-order valence-electron chi connectivity index (χ0n) is 20.5. The third-order valence-corrected chi connectivity index (χ3v) is 7.59. The fourth-order valence-electron chi connectivity index (χ4n) is 4.54. The van der Waals surface area contributed by atoms with Gasteiger partial charge in [0.25, 0.3) is 5.56 Å². The van der Waals surface area contributed by atoms with Gasteiger partial charge in [-0.1, -0.05) is 11.6 Å². The van der Waals surface area contributed by atoms with Crippen LogP contribution >= 0.6 is 22.9 Å². The van der Waals surface area contributed by atoms with Crippen LogP contribution in [0.3, 0.4) is 0 Å². The predicted octanol–water partition coefficient (Wildman–Crippen LogP) is 4.52. The molecule has 1 fully saturated rings. The van der Waals surface area contributed by atoms with Gasteiger partial charge < -0.3 is 10.1 Å². The molecule has 1 saturated heterocycles. The summed E-state index contributed by atoms with van der Waals surface area (Å²) >= 11 is 7.52. The van der Waals surface area contributed by atoms with Crippen LogP contribution in [-0.4, -0.2) is 44.5 Å². The van der Waals surface area contributed by atoms with Crippen LogP contribution in [0.25, 0.3) is 21.5 Å². The van der Waals surface area contributed by atoms with Crippen molar-refractivity contribution in [3.8, 4) is 17.0 Å². The number of hydrogen-bond donors (Lipinski definition) is 1. The van der Waals surface area contributed by atoms with Gasteiger partial charge in [0.15, 0.2) is 0 Å². The summed E-state index contributed by atoms with van der Waals surface area (Å²) < 4.78 is 60.4. The number of nitrogens with one attached hydrogen (secondary N) is 1. The number of benzene rings is 1. The van der Waals surface area contributed by atoms with E-state index in [0.717, 1.165) is 36.3 Å². The average molecular weight is 584 g/mol. The molecule has 0 spiro atoms. The van der Waals surface area contributed by atoms with Crippen molar-refractivity contribution in [1.82, 2.24) is 24.4 Å². The highest BCUT2D eigenvalue weighted by atomic mass is 35.5. The van der Waals surface area contributed by atoms with E-state index in [1.807, 2.05) is 6.92 Å². The summed E-state index contributed by atoms with van der Waals surface area (Å²) in [5.41, 5.74) is -0.177. The number of fused-ring (bicyclic) bond motifs is 1. The topological polar surface area (TPSA) is 91.0 Å². The monoisotopic (exact) mass is 583 g/mol. The van der Waals surface area contributed by atoms with E-state index in [1.54, 1.807) is 18.2 Å². The second-order valence-electron chi connectivity index (χ2n) is 9.23. The van der Waals surface area contributed by atoms with Crippen molar-refractivity contribution in [2.75, 3.05) is 13.1 Å². The Morgan fingerprint density at radius 2 is 2.03 bits per heavy atom. The second-order valence-corrected chi connectivity index (χ2v) is 10.8. The maximum Gasteiger partial charge on any atom is 0.406 e. The van der Waals surface area contributed by atoms with Gasteiger partial charge in [-0.2, -0.15) is 17.6 Å². The average Bonchev–Trinajstić information content (AvgIpc) is 3.29. The molecule has 0 radical (unpaired) electrons. The molecule has 1 atom stereocenters. The van der Waals surface area contributed by atoms with Crippen molar-refractivity contribution in [2.45, 2.75) is 45.1 Å². The molecule has 0 amide bonds. The molecular weight excluding hydrogens is 562 g/mol. The zero-order valence-corrected chi connectivity index (χ0v) is 22.1. The van der Waals surface area contributed by atoms with Crippen molar-refractivity contribution >= 4 is 33.2 Å². The van der Waals surface area contributed by atoms with Crippen LogP contribution in [0.15, 0.2) is 40.3 Å². The van der Waals surface area contributed by atoms with Crippen LogP contribution in [0.1, 0.15) is 23.3 Å². The SMILES string of the molecule is Cc1cc(Cl)cc(-c2ncnc3cc(Cn4c(=O)c(F)cn(CC(F)(F)F)c4=O)sc23)c1O[C@H]1CCCNC1. The van der Waals surface area contributed by atoms with Crippen LogP contribution in [-0.2, 0) is 13.1 Å². The molecule has 0 aliphatic carbocycles. The molecule has 1 aliphatic rings. The predicted molar refractivity (Wildman–Crippen MR) is 139 cm³/mol. The molecule has 5 rings (SSSR count). The lowest BCUT2D eigenvalue weighted by Gasteiger charge is -2.26. The molecule has 8 nitrogen and oxygen atoms in total. The summed E-state index contributed by atoms with van der Waals surface area (Å²) in [5, 5.41) is 3.78. The van der Waals surface area contributed by atoms with E-state index in [1.165, 1.54) is 6.33 Å². The molecule has 39 heavy (non-hydrogen) atoms. The van der Waals surface area contributed by atoms with Crippen LogP contribution in [0.2, 0.25) is 5.02 Å². The number of nitrogens with zero attached hydrogens (tertiary/aromatic N) is 4. The van der Waals surface area contributed by atoms with E-state index in [-0.39, 0.29) is 16.9 Å². The number of halogens is 5. The van der Waals surface area contributed by atoms with Crippen molar-refractivity contribution < 1.29 is 22.3 Å². The number of aryl methyl sites for hydroxylation is 1. The zero-order chi connectivity index (χ0) is 27.9. The Morgan fingerprint density at radius 1 is 1.23 bits per heavy atom. The van der Waals surface area contributed by atoms with Crippen molar-refractivity contribution in [2.24, 2.45) is 0 Å². The number of hydrogen-bond acceptors (Lipinski definition) is 7. The third-order valence-electron chi connectivity index (χ3n) is 6.25. The van der Waals surface area contributed by atoms with Gasteiger partial charge in [-0.25, -0.2) is 14.8 Å². The Kier molecular flexibility index (Phi) is 7.49. The van der Waals surface area contributed by atoms with Gasteiger partial charge in [-0.05, 0) is 50.1 Å². The molecule has 4 aromatic rings. The Hall–Kier alpha value is -3.29. The fourth-order valence-corrected chi connectivity index (χ4v) is 5.92. The highest BCUT2D eigenvalue weighted by Crippen LogP contribution is 2.41. The Morgan fingerprint density at radius 3 is 2.74 bits per heavy atom. The summed E-state index contributed by atoms with van der Waals surface area (Å²) in [6.45, 7) is 1.32.